The van der Waals surface area contributed by atoms with Crippen LogP contribution in [0.4, 0.5) is 9.80 Å². The number of benzene rings is 2. The van der Waals surface area contributed by atoms with Gasteiger partial charge in [-0.2, -0.15) is 0 Å². The van der Waals surface area contributed by atoms with Crippen LogP contribution in [0.15, 0.2) is 53.4 Å². The quantitative estimate of drug-likeness (QED) is 0.173. The van der Waals surface area contributed by atoms with Gasteiger partial charge in [-0.05, 0) is 67.5 Å². The Morgan fingerprint density at radius 1 is 1.16 bits per heavy atom. The number of thiophene rings is 1. The normalized spacial score (nSPS) is 13.0. The number of halogens is 1. The van der Waals surface area contributed by atoms with Gasteiger partial charge in [-0.25, -0.2) is 9.78 Å². The van der Waals surface area contributed by atoms with Gasteiger partial charge in [0.25, 0.3) is 0 Å². The average molecular weight is 572 g/mol. The predicted molar refractivity (Wildman–Crippen MR) is 154 cm³/mol. The molecule has 0 fully saturated rings. The number of aromatic nitrogens is 1. The fourth-order valence-electron chi connectivity index (χ4n) is 4.21. The number of ether oxygens (including phenoxy) is 1. The molecule has 0 saturated heterocycles. The smallest absolute Gasteiger partial charge is 0.410 e. The molecule has 6 nitrogen and oxygen atoms in total. The standard InChI is InChI=1S/C27H26ClN3O3S3/c1-2-34-27(33)31-14-13-19-22(16-31)37-26(24(19)25-29-20-6-3-4-7-21(20)36-25)30-23(32)8-5-15-35-18-11-9-17(28)10-12-18/h3-4,6-7,9-12H,2,5,8,13-16H2,1H3,(H,30,32). The van der Waals surface area contributed by atoms with Crippen LogP contribution in [0.5, 0.6) is 0 Å². The van der Waals surface area contributed by atoms with Crippen molar-refractivity contribution < 1.29 is 14.3 Å². The number of thiazole rings is 1. The summed E-state index contributed by atoms with van der Waals surface area (Å²) in [7, 11) is 0. The Hall–Kier alpha value is -2.59. The summed E-state index contributed by atoms with van der Waals surface area (Å²) in [6, 6.07) is 15.8. The topological polar surface area (TPSA) is 71.5 Å². The summed E-state index contributed by atoms with van der Waals surface area (Å²) in [4.78, 5) is 34.1. The second kappa shape index (κ2) is 11.9. The third-order valence-electron chi connectivity index (χ3n) is 5.97. The molecule has 192 valence electrons. The Morgan fingerprint density at radius 3 is 2.76 bits per heavy atom. The molecule has 5 rings (SSSR count). The van der Waals surface area contributed by atoms with Crippen LogP contribution < -0.4 is 5.32 Å². The van der Waals surface area contributed by atoms with Crippen LogP contribution in [0, 0.1) is 0 Å². The van der Waals surface area contributed by atoms with Crippen LogP contribution in [0.1, 0.15) is 30.2 Å². The van der Waals surface area contributed by atoms with Crippen molar-refractivity contribution in [1.29, 1.82) is 0 Å². The molecule has 0 radical (unpaired) electrons. The molecule has 0 unspecified atom stereocenters. The minimum absolute atomic E-state index is 0.0140. The summed E-state index contributed by atoms with van der Waals surface area (Å²) in [6.45, 7) is 3.21. The van der Waals surface area contributed by atoms with Crippen molar-refractivity contribution in [3.05, 3.63) is 64.0 Å². The maximum Gasteiger partial charge on any atom is 0.410 e. The van der Waals surface area contributed by atoms with Crippen molar-refractivity contribution in [2.45, 2.75) is 37.6 Å². The van der Waals surface area contributed by atoms with Crippen LogP contribution in [0.2, 0.25) is 5.02 Å². The van der Waals surface area contributed by atoms with Crippen molar-refractivity contribution in [3.63, 3.8) is 0 Å². The highest BCUT2D eigenvalue weighted by atomic mass is 35.5. The molecular formula is C27H26ClN3O3S3. The van der Waals surface area contributed by atoms with Crippen LogP contribution in [0.25, 0.3) is 20.8 Å². The Bertz CT molecular complexity index is 1380. The zero-order valence-corrected chi connectivity index (χ0v) is 23.5. The summed E-state index contributed by atoms with van der Waals surface area (Å²) in [5.41, 5.74) is 3.11. The molecule has 1 aliphatic heterocycles. The first kappa shape index (κ1) is 26.0. The fraction of sp³-hybridized carbons (Fsp3) is 0.296. The second-order valence-corrected chi connectivity index (χ2v) is 12.3. The lowest BCUT2D eigenvalue weighted by Gasteiger charge is -2.26. The SMILES string of the molecule is CCOC(=O)N1CCc2c(sc(NC(=O)CCCSc3ccc(Cl)cc3)c2-c2nc3ccccc3s2)C1. The van der Waals surface area contributed by atoms with E-state index in [0.29, 0.717) is 32.5 Å². The molecule has 0 atom stereocenters. The Labute approximate surface area is 233 Å². The third kappa shape index (κ3) is 6.12. The van der Waals surface area contributed by atoms with E-state index in [-0.39, 0.29) is 12.0 Å². The van der Waals surface area contributed by atoms with Crippen molar-refractivity contribution in [2.75, 3.05) is 24.2 Å². The second-order valence-electron chi connectivity index (χ2n) is 8.52. The van der Waals surface area contributed by atoms with Gasteiger partial charge in [-0.3, -0.25) is 4.79 Å². The van der Waals surface area contributed by atoms with Crippen LogP contribution in [-0.2, 0) is 22.5 Å². The molecule has 0 aliphatic carbocycles. The summed E-state index contributed by atoms with van der Waals surface area (Å²) >= 11 is 10.8. The highest BCUT2D eigenvalue weighted by Crippen LogP contribution is 2.45. The molecular weight excluding hydrogens is 546 g/mol. The number of fused-ring (bicyclic) bond motifs is 2. The lowest BCUT2D eigenvalue weighted by molar-refractivity contribution is -0.116. The summed E-state index contributed by atoms with van der Waals surface area (Å²) in [6.07, 6.45) is 1.59. The molecule has 1 aliphatic rings. The lowest BCUT2D eigenvalue weighted by Crippen LogP contribution is -2.35. The maximum atomic E-state index is 13.0. The number of hydrogen-bond donors (Lipinski definition) is 1. The molecule has 2 aromatic carbocycles. The van der Waals surface area contributed by atoms with Gasteiger partial charge >= 0.3 is 6.09 Å². The van der Waals surface area contributed by atoms with Crippen molar-refractivity contribution in [1.82, 2.24) is 9.88 Å². The average Bonchev–Trinajstić information content (AvgIpc) is 3.47. The molecule has 2 aromatic heterocycles. The van der Waals surface area contributed by atoms with Gasteiger partial charge in [0.05, 0.1) is 23.4 Å². The van der Waals surface area contributed by atoms with Gasteiger partial charge in [-0.15, -0.1) is 34.4 Å². The zero-order chi connectivity index (χ0) is 25.8. The highest BCUT2D eigenvalue weighted by molar-refractivity contribution is 7.99. The number of para-hydroxylation sites is 1. The number of nitrogens with one attached hydrogen (secondary N) is 1. The van der Waals surface area contributed by atoms with Crippen molar-refractivity contribution in [2.24, 2.45) is 0 Å². The molecule has 10 heteroatoms. The molecule has 4 aromatic rings. The zero-order valence-electron chi connectivity index (χ0n) is 20.3. The van der Waals surface area contributed by atoms with E-state index in [9.17, 15) is 9.59 Å². The van der Waals surface area contributed by atoms with Gasteiger partial charge < -0.3 is 15.0 Å². The molecule has 0 spiro atoms. The van der Waals surface area contributed by atoms with E-state index in [4.69, 9.17) is 21.3 Å². The Balaban J connectivity index is 1.33. The summed E-state index contributed by atoms with van der Waals surface area (Å²) < 4.78 is 6.33. The Morgan fingerprint density at radius 2 is 1.97 bits per heavy atom. The largest absolute Gasteiger partial charge is 0.450 e. The van der Waals surface area contributed by atoms with Gasteiger partial charge in [0, 0.05) is 33.3 Å². The first-order chi connectivity index (χ1) is 18.0. The minimum atomic E-state index is -0.299. The van der Waals surface area contributed by atoms with E-state index in [1.165, 1.54) is 11.3 Å². The van der Waals surface area contributed by atoms with E-state index in [1.54, 1.807) is 28.0 Å². The Kier molecular flexibility index (Phi) is 8.34. The van der Waals surface area contributed by atoms with Gasteiger partial charge in [0.15, 0.2) is 0 Å². The molecule has 37 heavy (non-hydrogen) atoms. The summed E-state index contributed by atoms with van der Waals surface area (Å²) in [5.74, 6) is 0.829. The van der Waals surface area contributed by atoms with E-state index in [0.717, 1.165) is 58.3 Å². The fourth-order valence-corrected chi connectivity index (χ4v) is 7.58. The van der Waals surface area contributed by atoms with Gasteiger partial charge in [0.1, 0.15) is 10.0 Å². The van der Waals surface area contributed by atoms with E-state index < -0.39 is 0 Å². The third-order valence-corrected chi connectivity index (χ3v) is 9.51. The van der Waals surface area contributed by atoms with Crippen molar-refractivity contribution >= 4 is 73.3 Å². The molecule has 2 amide bonds. The van der Waals surface area contributed by atoms with E-state index in [2.05, 4.69) is 11.4 Å². The number of rotatable bonds is 8. The number of nitrogens with zero attached hydrogens (tertiary/aromatic N) is 2. The highest BCUT2D eigenvalue weighted by Gasteiger charge is 2.30. The monoisotopic (exact) mass is 571 g/mol. The van der Waals surface area contributed by atoms with Gasteiger partial charge in [0.2, 0.25) is 5.91 Å². The predicted octanol–water partition coefficient (Wildman–Crippen LogP) is 7.70. The summed E-state index contributed by atoms with van der Waals surface area (Å²) in [5, 5.41) is 5.60. The molecule has 0 saturated carbocycles. The number of carbonyl (C=O) groups is 2. The number of amides is 2. The number of carbonyl (C=O) groups excluding carboxylic acids is 2. The number of anilines is 1. The first-order valence-corrected chi connectivity index (χ1v) is 15.1. The minimum Gasteiger partial charge on any atom is -0.450 e. The van der Waals surface area contributed by atoms with Crippen molar-refractivity contribution in [3.8, 4) is 10.6 Å². The van der Waals surface area contributed by atoms with Crippen LogP contribution in [0.3, 0.4) is 0 Å². The van der Waals surface area contributed by atoms with Crippen LogP contribution >= 0.6 is 46.0 Å². The first-order valence-electron chi connectivity index (χ1n) is 12.1. The molecule has 3 heterocycles. The molecule has 0 bridgehead atoms. The van der Waals surface area contributed by atoms with E-state index in [1.807, 2.05) is 49.4 Å². The number of thioether (sulfide) groups is 1. The van der Waals surface area contributed by atoms with E-state index >= 15 is 0 Å². The van der Waals surface area contributed by atoms with Crippen LogP contribution in [-0.4, -0.2) is 40.8 Å². The van der Waals surface area contributed by atoms with Gasteiger partial charge in [-0.1, -0.05) is 23.7 Å². The number of hydrogen-bond acceptors (Lipinski definition) is 7. The lowest BCUT2D eigenvalue weighted by atomic mass is 10.0. The molecule has 1 N–H and O–H groups in total. The maximum absolute atomic E-state index is 13.0.